The molecule has 3 aromatic rings. The highest BCUT2D eigenvalue weighted by molar-refractivity contribution is 5.72. The second-order valence-corrected chi connectivity index (χ2v) is 7.63. The number of anilines is 1. The van der Waals surface area contributed by atoms with E-state index >= 15 is 0 Å². The van der Waals surface area contributed by atoms with Crippen molar-refractivity contribution in [1.29, 1.82) is 0 Å². The van der Waals surface area contributed by atoms with E-state index in [1.807, 2.05) is 49.5 Å². The third-order valence-electron chi connectivity index (χ3n) is 5.66. The number of carbonyl (C=O) groups is 1. The van der Waals surface area contributed by atoms with Crippen molar-refractivity contribution >= 4 is 17.3 Å². The van der Waals surface area contributed by atoms with Crippen molar-refractivity contribution in [3.63, 3.8) is 0 Å². The van der Waals surface area contributed by atoms with E-state index in [4.69, 9.17) is 20.2 Å². The molecule has 1 fully saturated rings. The highest BCUT2D eigenvalue weighted by atomic mass is 16.5. The number of rotatable bonds is 6. The number of hydrogen-bond acceptors (Lipinski definition) is 6. The molecule has 30 heavy (non-hydrogen) atoms. The Labute approximate surface area is 176 Å². The van der Waals surface area contributed by atoms with Crippen LogP contribution in [0.3, 0.4) is 0 Å². The molecule has 0 aliphatic carbocycles. The number of fused-ring (bicyclic) bond motifs is 1. The highest BCUT2D eigenvalue weighted by Gasteiger charge is 2.27. The van der Waals surface area contributed by atoms with Crippen molar-refractivity contribution in [2.24, 2.45) is 5.92 Å². The number of esters is 1. The number of imidazole rings is 1. The minimum atomic E-state index is -0.0724. The molecular formula is C23H28N4O3. The molecule has 0 bridgehead atoms. The van der Waals surface area contributed by atoms with Crippen molar-refractivity contribution in [1.82, 2.24) is 14.3 Å². The van der Waals surface area contributed by atoms with Crippen molar-refractivity contribution < 1.29 is 14.3 Å². The Morgan fingerprint density at radius 1 is 1.23 bits per heavy atom. The molecule has 1 aliphatic rings. The van der Waals surface area contributed by atoms with Gasteiger partial charge in [-0.15, -0.1) is 0 Å². The molecule has 158 valence electrons. The molecule has 7 nitrogen and oxygen atoms in total. The van der Waals surface area contributed by atoms with Gasteiger partial charge >= 0.3 is 5.97 Å². The van der Waals surface area contributed by atoms with Gasteiger partial charge in [-0.2, -0.15) is 0 Å². The van der Waals surface area contributed by atoms with Crippen LogP contribution in [0.2, 0.25) is 0 Å². The van der Waals surface area contributed by atoms with Crippen LogP contribution >= 0.6 is 0 Å². The minimum absolute atomic E-state index is 0.00289. The number of piperidine rings is 1. The molecule has 4 rings (SSSR count). The summed E-state index contributed by atoms with van der Waals surface area (Å²) in [5.74, 6) is 0.721. The van der Waals surface area contributed by atoms with Crippen LogP contribution in [-0.4, -0.2) is 47.1 Å². The van der Waals surface area contributed by atoms with Crippen LogP contribution in [0.5, 0.6) is 5.75 Å². The Bertz CT molecular complexity index is 1040. The van der Waals surface area contributed by atoms with Gasteiger partial charge in [0.15, 0.2) is 0 Å². The van der Waals surface area contributed by atoms with Gasteiger partial charge < -0.3 is 19.6 Å². The molecule has 0 spiro atoms. The Morgan fingerprint density at radius 2 is 2.03 bits per heavy atom. The lowest BCUT2D eigenvalue weighted by Crippen LogP contribution is -2.36. The third kappa shape index (κ3) is 4.11. The molecule has 0 unspecified atom stereocenters. The van der Waals surface area contributed by atoms with Gasteiger partial charge in [-0.3, -0.25) is 9.69 Å². The summed E-state index contributed by atoms with van der Waals surface area (Å²) in [6.45, 7) is 4.70. The van der Waals surface area contributed by atoms with Crippen LogP contribution in [0, 0.1) is 5.92 Å². The van der Waals surface area contributed by atoms with Gasteiger partial charge in [-0.1, -0.05) is 12.1 Å². The second kappa shape index (κ2) is 8.75. The van der Waals surface area contributed by atoms with Crippen LogP contribution in [0.15, 0.2) is 42.6 Å². The van der Waals surface area contributed by atoms with Gasteiger partial charge in [-0.25, -0.2) is 4.98 Å². The van der Waals surface area contributed by atoms with E-state index in [0.717, 1.165) is 60.8 Å². The Morgan fingerprint density at radius 3 is 2.77 bits per heavy atom. The van der Waals surface area contributed by atoms with Crippen LogP contribution in [0.4, 0.5) is 5.69 Å². The van der Waals surface area contributed by atoms with E-state index in [1.54, 1.807) is 7.11 Å². The number of ether oxygens (including phenoxy) is 2. The number of methoxy groups -OCH3 is 1. The number of likely N-dealkylation sites (tertiary alicyclic amines) is 1. The van der Waals surface area contributed by atoms with Gasteiger partial charge in [0.25, 0.3) is 0 Å². The summed E-state index contributed by atoms with van der Waals surface area (Å²) < 4.78 is 12.7. The number of carbonyl (C=O) groups excluding carboxylic acids is 1. The molecule has 0 atom stereocenters. The summed E-state index contributed by atoms with van der Waals surface area (Å²) in [4.78, 5) is 19.3. The first-order chi connectivity index (χ1) is 14.6. The third-order valence-corrected chi connectivity index (χ3v) is 5.66. The Kier molecular flexibility index (Phi) is 5.90. The minimum Gasteiger partial charge on any atom is -0.497 e. The fourth-order valence-electron chi connectivity index (χ4n) is 4.06. The molecule has 0 amide bonds. The lowest BCUT2D eigenvalue weighted by Gasteiger charge is -2.30. The van der Waals surface area contributed by atoms with Crippen molar-refractivity contribution in [3.8, 4) is 17.0 Å². The Balaban J connectivity index is 1.63. The predicted molar refractivity (Wildman–Crippen MR) is 116 cm³/mol. The molecule has 7 heteroatoms. The molecule has 2 N–H and O–H groups in total. The number of aromatic nitrogens is 2. The van der Waals surface area contributed by atoms with E-state index in [9.17, 15) is 4.79 Å². The number of nitrogens with two attached hydrogens (primary N) is 1. The average molecular weight is 409 g/mol. The van der Waals surface area contributed by atoms with Gasteiger partial charge in [0.05, 0.1) is 31.0 Å². The molecule has 2 aromatic heterocycles. The van der Waals surface area contributed by atoms with Gasteiger partial charge in [0.1, 0.15) is 11.4 Å². The first-order valence-corrected chi connectivity index (χ1v) is 10.4. The number of benzene rings is 1. The van der Waals surface area contributed by atoms with Crippen molar-refractivity contribution in [3.05, 3.63) is 48.3 Å². The zero-order valence-corrected chi connectivity index (χ0v) is 17.5. The van der Waals surface area contributed by atoms with E-state index in [0.29, 0.717) is 12.3 Å². The standard InChI is InChI=1S/C23H28N4O3/c1-3-30-23(28)16-9-11-26(12-10-16)15-20-22(17-5-4-6-19(13-17)29-2)25-21-8-7-18(24)14-27(20)21/h4-8,13-14,16H,3,9-12,15,24H2,1-2H3. The molecular weight excluding hydrogens is 380 g/mol. The largest absolute Gasteiger partial charge is 0.497 e. The summed E-state index contributed by atoms with van der Waals surface area (Å²) in [5.41, 5.74) is 10.6. The van der Waals surface area contributed by atoms with Gasteiger partial charge in [0, 0.05) is 24.0 Å². The van der Waals surface area contributed by atoms with E-state index < -0.39 is 0 Å². The first kappa shape index (κ1) is 20.2. The monoisotopic (exact) mass is 408 g/mol. The molecule has 1 aromatic carbocycles. The first-order valence-electron chi connectivity index (χ1n) is 10.4. The molecule has 0 saturated carbocycles. The van der Waals surface area contributed by atoms with Crippen LogP contribution < -0.4 is 10.5 Å². The van der Waals surface area contributed by atoms with E-state index in [1.165, 1.54) is 0 Å². The highest BCUT2D eigenvalue weighted by Crippen LogP contribution is 2.30. The smallest absolute Gasteiger partial charge is 0.309 e. The molecule has 0 radical (unpaired) electrons. The lowest BCUT2D eigenvalue weighted by atomic mass is 9.96. The summed E-state index contributed by atoms with van der Waals surface area (Å²) in [6, 6.07) is 11.8. The number of pyridine rings is 1. The topological polar surface area (TPSA) is 82.1 Å². The van der Waals surface area contributed by atoms with E-state index in [-0.39, 0.29) is 11.9 Å². The quantitative estimate of drug-likeness (QED) is 0.630. The van der Waals surface area contributed by atoms with Crippen LogP contribution in [0.25, 0.3) is 16.9 Å². The van der Waals surface area contributed by atoms with Crippen LogP contribution in [-0.2, 0) is 16.1 Å². The van der Waals surface area contributed by atoms with Crippen molar-refractivity contribution in [2.45, 2.75) is 26.3 Å². The zero-order chi connectivity index (χ0) is 21.1. The second-order valence-electron chi connectivity index (χ2n) is 7.63. The fourth-order valence-corrected chi connectivity index (χ4v) is 4.06. The summed E-state index contributed by atoms with van der Waals surface area (Å²) in [7, 11) is 1.66. The maximum atomic E-state index is 12.1. The van der Waals surface area contributed by atoms with Gasteiger partial charge in [0.2, 0.25) is 0 Å². The fraction of sp³-hybridized carbons (Fsp3) is 0.391. The van der Waals surface area contributed by atoms with Gasteiger partial charge in [-0.05, 0) is 57.1 Å². The summed E-state index contributed by atoms with van der Waals surface area (Å²) >= 11 is 0. The van der Waals surface area contributed by atoms with E-state index in [2.05, 4.69) is 9.30 Å². The van der Waals surface area contributed by atoms with Crippen LogP contribution in [0.1, 0.15) is 25.5 Å². The lowest BCUT2D eigenvalue weighted by molar-refractivity contribution is -0.149. The number of nitrogens with zero attached hydrogens (tertiary/aromatic N) is 3. The average Bonchev–Trinajstić information content (AvgIpc) is 3.12. The Hall–Kier alpha value is -3.06. The van der Waals surface area contributed by atoms with Crippen molar-refractivity contribution in [2.75, 3.05) is 32.5 Å². The molecule has 1 saturated heterocycles. The maximum Gasteiger partial charge on any atom is 0.309 e. The summed E-state index contributed by atoms with van der Waals surface area (Å²) in [5, 5.41) is 0. The zero-order valence-electron chi connectivity index (χ0n) is 17.5. The molecule has 3 heterocycles. The summed E-state index contributed by atoms with van der Waals surface area (Å²) in [6.07, 6.45) is 3.55. The number of hydrogen-bond donors (Lipinski definition) is 1. The normalized spacial score (nSPS) is 15.4. The SMILES string of the molecule is CCOC(=O)C1CCN(Cc2c(-c3cccc(OC)c3)nc3ccc(N)cn23)CC1. The molecule has 1 aliphatic heterocycles. The maximum absolute atomic E-state index is 12.1. The number of nitrogen functional groups attached to an aromatic ring is 1. The predicted octanol–water partition coefficient (Wildman–Crippen LogP) is 3.37.